The van der Waals surface area contributed by atoms with Gasteiger partial charge in [-0.3, -0.25) is 4.57 Å². The van der Waals surface area contributed by atoms with Gasteiger partial charge in [0.05, 0.1) is 55.5 Å². The molecule has 0 aliphatic carbocycles. The highest BCUT2D eigenvalue weighted by Crippen LogP contribution is 2.44. The van der Waals surface area contributed by atoms with Crippen LogP contribution in [0.1, 0.15) is 0 Å². The summed E-state index contributed by atoms with van der Waals surface area (Å²) in [6, 6.07) is 134. The summed E-state index contributed by atoms with van der Waals surface area (Å²) in [5, 5.41) is 9.69. The Bertz CT molecular complexity index is 7200. The van der Waals surface area contributed by atoms with Crippen LogP contribution in [0.5, 0.6) is 0 Å². The fourth-order valence-corrected chi connectivity index (χ4v) is 16.3. The monoisotopic (exact) mass is 1430 g/mol. The smallest absolute Gasteiger partial charge is 0.234 e. The molecule has 7 heterocycles. The fourth-order valence-electron chi connectivity index (χ4n) is 16.3. The van der Waals surface area contributed by atoms with Gasteiger partial charge in [-0.15, -0.1) is 0 Å². The lowest BCUT2D eigenvalue weighted by molar-refractivity contribution is 0.988. The van der Waals surface area contributed by atoms with E-state index in [2.05, 4.69) is 285 Å². The second kappa shape index (κ2) is 27.5. The third-order valence-corrected chi connectivity index (χ3v) is 21.4. The van der Waals surface area contributed by atoms with Crippen molar-refractivity contribution >= 4 is 87.2 Å². The van der Waals surface area contributed by atoms with Gasteiger partial charge in [0.2, 0.25) is 5.95 Å². The number of aromatic nitrogens is 11. The van der Waals surface area contributed by atoms with Gasteiger partial charge in [0.25, 0.3) is 0 Å². The van der Waals surface area contributed by atoms with Crippen LogP contribution in [0.3, 0.4) is 0 Å². The van der Waals surface area contributed by atoms with E-state index in [-0.39, 0.29) is 0 Å². The van der Waals surface area contributed by atoms with Crippen molar-refractivity contribution < 1.29 is 0 Å². The van der Waals surface area contributed by atoms with Crippen LogP contribution in [0.2, 0.25) is 0 Å². The third kappa shape index (κ3) is 11.3. The van der Waals surface area contributed by atoms with E-state index < -0.39 is 0 Å². The van der Waals surface area contributed by atoms with Crippen LogP contribution >= 0.6 is 0 Å². The first-order chi connectivity index (χ1) is 55.6. The van der Waals surface area contributed by atoms with E-state index in [1.54, 1.807) is 0 Å². The van der Waals surface area contributed by atoms with E-state index in [9.17, 15) is 0 Å². The van der Waals surface area contributed by atoms with E-state index in [0.717, 1.165) is 106 Å². The van der Waals surface area contributed by atoms with E-state index in [4.69, 9.17) is 34.9 Å². The topological polar surface area (TPSA) is 110 Å². The summed E-state index contributed by atoms with van der Waals surface area (Å²) < 4.78 is 9.28. The fraction of sp³-hybridized carbons (Fsp3) is 0. The molecule has 0 spiro atoms. The van der Waals surface area contributed by atoms with Crippen molar-refractivity contribution in [1.82, 2.24) is 53.2 Å². The molecule has 0 aliphatic rings. The van der Waals surface area contributed by atoms with Gasteiger partial charge < -0.3 is 13.7 Å². The maximum absolute atomic E-state index is 5.00. The largest absolute Gasteiger partial charge is 0.309 e. The van der Waals surface area contributed by atoms with E-state index in [1.807, 2.05) is 128 Å². The number of hydrogen-bond acceptors (Lipinski definition) is 7. The summed E-state index contributed by atoms with van der Waals surface area (Å²) in [5.74, 6) is 3.19. The molecule has 0 bridgehead atoms. The van der Waals surface area contributed by atoms with E-state index in [0.29, 0.717) is 29.2 Å². The normalized spacial score (nSPS) is 11.6. The van der Waals surface area contributed by atoms with Crippen LogP contribution in [0.15, 0.2) is 395 Å². The van der Waals surface area contributed by atoms with Gasteiger partial charge in [-0.1, -0.05) is 273 Å². The highest BCUT2D eigenvalue weighted by atomic mass is 15.2. The average Bonchev–Trinajstić information content (AvgIpc) is 1.58. The summed E-state index contributed by atoms with van der Waals surface area (Å²) in [4.78, 5) is 34.8. The minimum atomic E-state index is 0.596. The molecule has 524 valence electrons. The quantitative estimate of drug-likeness (QED) is 0.120. The molecule has 0 saturated carbocycles. The molecule has 22 rings (SSSR count). The maximum Gasteiger partial charge on any atom is 0.234 e. The first kappa shape index (κ1) is 65.0. The van der Waals surface area contributed by atoms with E-state index in [1.165, 1.54) is 65.5 Å². The van der Waals surface area contributed by atoms with Crippen LogP contribution in [-0.2, 0) is 0 Å². The van der Waals surface area contributed by atoms with Crippen molar-refractivity contribution in [2.45, 2.75) is 0 Å². The van der Waals surface area contributed by atoms with Crippen LogP contribution in [0, 0.1) is 0 Å². The molecule has 22 aromatic rings. The third-order valence-electron chi connectivity index (χ3n) is 21.4. The Morgan fingerprint density at radius 3 is 1.03 bits per heavy atom. The summed E-state index contributed by atoms with van der Waals surface area (Å²) in [6.45, 7) is 0. The molecule has 11 nitrogen and oxygen atoms in total. The van der Waals surface area contributed by atoms with Crippen molar-refractivity contribution in [2.75, 3.05) is 0 Å². The molecule has 112 heavy (non-hydrogen) atoms. The Morgan fingerprint density at radius 1 is 0.179 bits per heavy atom. The van der Waals surface area contributed by atoms with Gasteiger partial charge in [0, 0.05) is 106 Å². The highest BCUT2D eigenvalue weighted by Gasteiger charge is 2.23. The Kier molecular flexibility index (Phi) is 15.9. The Hall–Kier alpha value is -15.3. The predicted molar refractivity (Wildman–Crippen MR) is 458 cm³/mol. The Labute approximate surface area is 644 Å². The molecular weight excluding hydrogens is 1370 g/mol. The number of rotatable bonds is 12. The molecule has 0 atom stereocenters. The van der Waals surface area contributed by atoms with Gasteiger partial charge >= 0.3 is 0 Å². The minimum absolute atomic E-state index is 0.596. The Balaban J connectivity index is 0.000000141. The number of benzene rings is 15. The average molecular weight is 1430 g/mol. The zero-order valence-corrected chi connectivity index (χ0v) is 60.4. The Morgan fingerprint density at radius 2 is 0.509 bits per heavy atom. The molecule has 15 aromatic carbocycles. The lowest BCUT2D eigenvalue weighted by Gasteiger charge is -2.11. The van der Waals surface area contributed by atoms with Crippen LogP contribution in [0.4, 0.5) is 0 Å². The number of hydrogen-bond donors (Lipinski definition) is 0. The second-order valence-electron chi connectivity index (χ2n) is 28.0. The molecule has 0 amide bonds. The van der Waals surface area contributed by atoms with Crippen LogP contribution < -0.4 is 0 Å². The van der Waals surface area contributed by atoms with Crippen LogP contribution in [0.25, 0.3) is 201 Å². The van der Waals surface area contributed by atoms with Gasteiger partial charge in [-0.25, -0.2) is 34.9 Å². The zero-order chi connectivity index (χ0) is 74.0. The first-order valence-corrected chi connectivity index (χ1v) is 37.6. The maximum atomic E-state index is 5.00. The first-order valence-electron chi connectivity index (χ1n) is 37.6. The number of para-hydroxylation sites is 6. The minimum Gasteiger partial charge on any atom is -0.309 e. The van der Waals surface area contributed by atoms with Crippen molar-refractivity contribution in [3.05, 3.63) is 395 Å². The molecule has 0 saturated heterocycles. The van der Waals surface area contributed by atoms with Crippen molar-refractivity contribution in [2.24, 2.45) is 0 Å². The lowest BCUT2D eigenvalue weighted by atomic mass is 9.98. The molecule has 0 fully saturated rings. The summed E-state index contributed by atoms with van der Waals surface area (Å²) in [5.41, 5.74) is 24.4. The standard InChI is InChI=1S/C51H33N5.C50H32N6/c1-4-15-34(16-5-1)49-52-50(35-17-6-2-7-18-35)54-51(53-49)36-27-30-39(31-28-36)55-45-25-13-11-22-43(45)48-40(23-14-26-46(48)55)37-29-32-42-41-21-10-12-24-44(41)56(47(42)33-37)38-19-8-3-9-20-38;1-4-15-33(16-5-1)42-30-43(54-49(53-42)34-17-6-2-7-18-34)36-31-51-50(52-32-36)56-45-25-13-11-22-40(45)48-38(23-14-26-47(48)56)35-27-28-46-41(29-35)39-21-10-12-24-44(39)55(46)37-19-8-3-9-20-37/h1-33H;1-32H. The second-order valence-corrected chi connectivity index (χ2v) is 28.0. The van der Waals surface area contributed by atoms with Crippen molar-refractivity contribution in [3.63, 3.8) is 0 Å². The zero-order valence-electron chi connectivity index (χ0n) is 60.4. The van der Waals surface area contributed by atoms with Crippen molar-refractivity contribution in [1.29, 1.82) is 0 Å². The van der Waals surface area contributed by atoms with E-state index >= 15 is 0 Å². The highest BCUT2D eigenvalue weighted by molar-refractivity contribution is 6.19. The summed E-state index contributed by atoms with van der Waals surface area (Å²) in [6.07, 6.45) is 3.74. The number of nitrogens with zero attached hydrogens (tertiary/aromatic N) is 11. The molecule has 0 aliphatic heterocycles. The summed E-state index contributed by atoms with van der Waals surface area (Å²) in [7, 11) is 0. The van der Waals surface area contributed by atoms with Gasteiger partial charge in [-0.05, 0) is 131 Å². The van der Waals surface area contributed by atoms with Gasteiger partial charge in [-0.2, -0.15) is 0 Å². The van der Waals surface area contributed by atoms with Gasteiger partial charge in [0.1, 0.15) is 0 Å². The molecule has 0 radical (unpaired) electrons. The predicted octanol–water partition coefficient (Wildman–Crippen LogP) is 24.9. The van der Waals surface area contributed by atoms with Gasteiger partial charge in [0.15, 0.2) is 23.3 Å². The molecular formula is C101H65N11. The van der Waals surface area contributed by atoms with Crippen molar-refractivity contribution in [3.8, 4) is 113 Å². The lowest BCUT2D eigenvalue weighted by Crippen LogP contribution is -2.02. The summed E-state index contributed by atoms with van der Waals surface area (Å²) >= 11 is 0. The SMILES string of the molecule is c1ccc(-c2cc(-c3cnc(-n4c5ccccc5c5c(-c6ccc7c(c6)c6ccccc6n7-c6ccccc6)cccc54)nc3)nc(-c3ccccc3)n2)cc1.c1ccc(-c2nc(-c3ccccc3)nc(-c3ccc(-n4c5ccccc5c5c(-c6ccc7c8ccccc8n(-c8ccccc8)c7c6)cccc54)cc3)n2)cc1. The molecule has 11 heteroatoms. The number of fused-ring (bicyclic) bond motifs is 12. The molecule has 7 aromatic heterocycles. The van der Waals surface area contributed by atoms with Crippen LogP contribution in [-0.4, -0.2) is 53.2 Å². The molecule has 0 N–H and O–H groups in total. The molecule has 0 unspecified atom stereocenters.